The number of nitrogens with one attached hydrogen (secondary N) is 1. The number of ether oxygens (including phenoxy) is 1. The molecule has 2 atom stereocenters. The maximum atomic E-state index is 11.1. The lowest BCUT2D eigenvalue weighted by Gasteiger charge is -2.22. The summed E-state index contributed by atoms with van der Waals surface area (Å²) in [5.41, 5.74) is -0.440. The van der Waals surface area contributed by atoms with Crippen molar-refractivity contribution >= 4 is 5.78 Å². The molecular weight excluding hydrogens is 130 g/mol. The zero-order valence-corrected chi connectivity index (χ0v) is 6.02. The van der Waals surface area contributed by atoms with Gasteiger partial charge in [0.2, 0.25) is 0 Å². The normalized spacial score (nSPS) is 44.3. The van der Waals surface area contributed by atoms with Crippen LogP contribution in [0.4, 0.5) is 0 Å². The Bertz CT molecular complexity index is 170. The van der Waals surface area contributed by atoms with Gasteiger partial charge in [-0.2, -0.15) is 0 Å². The molecule has 2 heterocycles. The van der Waals surface area contributed by atoms with E-state index in [1.54, 1.807) is 6.92 Å². The molecule has 2 aliphatic rings. The molecule has 2 saturated heterocycles. The predicted molar refractivity (Wildman–Crippen MR) is 35.8 cm³/mol. The Balaban J connectivity index is 2.23. The predicted octanol–water partition coefficient (Wildman–Crippen LogP) is -0.294. The van der Waals surface area contributed by atoms with Gasteiger partial charge in [-0.25, -0.2) is 0 Å². The molecule has 0 aliphatic carbocycles. The Hall–Kier alpha value is -0.410. The van der Waals surface area contributed by atoms with Crippen LogP contribution >= 0.6 is 0 Å². The molecule has 2 rings (SSSR count). The number of morpholine rings is 1. The van der Waals surface area contributed by atoms with E-state index < -0.39 is 5.60 Å². The van der Waals surface area contributed by atoms with E-state index in [1.807, 2.05) is 0 Å². The second-order valence-electron chi connectivity index (χ2n) is 3.14. The maximum absolute atomic E-state index is 11.1. The molecule has 56 valence electrons. The smallest absolute Gasteiger partial charge is 0.162 e. The average Bonchev–Trinajstić information content (AvgIpc) is 2.45. The summed E-state index contributed by atoms with van der Waals surface area (Å²) in [6.45, 7) is 3.03. The molecule has 0 aromatic carbocycles. The number of ketones is 1. The molecule has 0 amide bonds. The van der Waals surface area contributed by atoms with Crippen molar-refractivity contribution in [3.8, 4) is 0 Å². The van der Waals surface area contributed by atoms with Crippen LogP contribution < -0.4 is 5.32 Å². The van der Waals surface area contributed by atoms with Gasteiger partial charge in [0.1, 0.15) is 5.60 Å². The highest BCUT2D eigenvalue weighted by Gasteiger charge is 2.49. The van der Waals surface area contributed by atoms with E-state index in [9.17, 15) is 4.79 Å². The molecule has 3 heteroatoms. The molecule has 0 spiro atoms. The molecule has 0 aromatic heterocycles. The van der Waals surface area contributed by atoms with Crippen LogP contribution in [0.2, 0.25) is 0 Å². The Kier molecular flexibility index (Phi) is 1.13. The first-order chi connectivity index (χ1) is 4.73. The first-order valence-corrected chi connectivity index (χ1v) is 3.61. The highest BCUT2D eigenvalue weighted by Crippen LogP contribution is 2.31. The second-order valence-corrected chi connectivity index (χ2v) is 3.14. The molecule has 0 radical (unpaired) electrons. The van der Waals surface area contributed by atoms with Crippen LogP contribution in [0.1, 0.15) is 13.3 Å². The third-order valence-electron chi connectivity index (χ3n) is 2.45. The maximum Gasteiger partial charge on any atom is 0.162 e. The molecule has 1 N–H and O–H groups in total. The number of carbonyl (C=O) groups is 1. The molecule has 2 fully saturated rings. The SMILES string of the molecule is CC(=O)C12CNC(CO1)C2. The van der Waals surface area contributed by atoms with Gasteiger partial charge in [0.15, 0.2) is 5.78 Å². The van der Waals surface area contributed by atoms with Crippen LogP contribution in [0.3, 0.4) is 0 Å². The number of rotatable bonds is 1. The van der Waals surface area contributed by atoms with Crippen LogP contribution in [0.25, 0.3) is 0 Å². The van der Waals surface area contributed by atoms with E-state index in [1.165, 1.54) is 0 Å². The van der Waals surface area contributed by atoms with E-state index >= 15 is 0 Å². The standard InChI is InChI=1S/C7H11NO2/c1-5(9)7-2-6(3-10-7)8-4-7/h6,8H,2-4H2,1H3. The van der Waals surface area contributed by atoms with E-state index in [2.05, 4.69) is 5.32 Å². The van der Waals surface area contributed by atoms with Gasteiger partial charge in [-0.05, 0) is 6.92 Å². The zero-order chi connectivity index (χ0) is 7.19. The summed E-state index contributed by atoms with van der Waals surface area (Å²) in [6, 6.07) is 0.434. The van der Waals surface area contributed by atoms with Crippen molar-refractivity contribution in [2.45, 2.75) is 25.0 Å². The summed E-state index contributed by atoms with van der Waals surface area (Å²) in [4.78, 5) is 11.1. The van der Waals surface area contributed by atoms with Crippen molar-refractivity contribution < 1.29 is 9.53 Å². The minimum Gasteiger partial charge on any atom is -0.364 e. The molecule has 0 aromatic rings. The van der Waals surface area contributed by atoms with Crippen molar-refractivity contribution in [2.75, 3.05) is 13.2 Å². The molecule has 2 aliphatic heterocycles. The number of hydrogen-bond donors (Lipinski definition) is 1. The lowest BCUT2D eigenvalue weighted by molar-refractivity contribution is -0.136. The van der Waals surface area contributed by atoms with Crippen LogP contribution in [-0.4, -0.2) is 30.6 Å². The van der Waals surface area contributed by atoms with Gasteiger partial charge in [0.25, 0.3) is 0 Å². The van der Waals surface area contributed by atoms with Crippen LogP contribution in [-0.2, 0) is 9.53 Å². The van der Waals surface area contributed by atoms with Gasteiger partial charge in [0.05, 0.1) is 6.61 Å². The summed E-state index contributed by atoms with van der Waals surface area (Å²) in [6.07, 6.45) is 0.877. The van der Waals surface area contributed by atoms with Crippen molar-refractivity contribution in [3.05, 3.63) is 0 Å². The molecule has 2 bridgehead atoms. The molecular formula is C7H11NO2. The van der Waals surface area contributed by atoms with Gasteiger partial charge in [-0.15, -0.1) is 0 Å². The van der Waals surface area contributed by atoms with E-state index in [4.69, 9.17) is 4.74 Å². The van der Waals surface area contributed by atoms with Gasteiger partial charge < -0.3 is 10.1 Å². The quantitative estimate of drug-likeness (QED) is 0.545. The number of hydrogen-bond acceptors (Lipinski definition) is 3. The first kappa shape index (κ1) is 6.31. The first-order valence-electron chi connectivity index (χ1n) is 3.61. The average molecular weight is 141 g/mol. The lowest BCUT2D eigenvalue weighted by Crippen LogP contribution is -2.44. The number of carbonyl (C=O) groups excluding carboxylic acids is 1. The Labute approximate surface area is 59.7 Å². The fourth-order valence-electron chi connectivity index (χ4n) is 1.71. The van der Waals surface area contributed by atoms with Crippen LogP contribution in [0.5, 0.6) is 0 Å². The highest BCUT2D eigenvalue weighted by molar-refractivity contribution is 5.86. The fourth-order valence-corrected chi connectivity index (χ4v) is 1.71. The highest BCUT2D eigenvalue weighted by atomic mass is 16.5. The van der Waals surface area contributed by atoms with Crippen LogP contribution in [0.15, 0.2) is 0 Å². The second kappa shape index (κ2) is 1.80. The fraction of sp³-hybridized carbons (Fsp3) is 0.857. The summed E-state index contributed by atoms with van der Waals surface area (Å²) in [5.74, 6) is 0.167. The monoisotopic (exact) mass is 141 g/mol. The van der Waals surface area contributed by atoms with Crippen molar-refractivity contribution in [2.24, 2.45) is 0 Å². The summed E-state index contributed by atoms with van der Waals surface area (Å²) in [7, 11) is 0. The molecule has 10 heavy (non-hydrogen) atoms. The Morgan fingerprint density at radius 2 is 2.60 bits per heavy atom. The van der Waals surface area contributed by atoms with Gasteiger partial charge in [-0.3, -0.25) is 4.79 Å². The third-order valence-corrected chi connectivity index (χ3v) is 2.45. The summed E-state index contributed by atoms with van der Waals surface area (Å²) < 4.78 is 5.39. The van der Waals surface area contributed by atoms with E-state index in [0.29, 0.717) is 19.2 Å². The van der Waals surface area contributed by atoms with Gasteiger partial charge in [-0.1, -0.05) is 0 Å². The molecule has 3 nitrogen and oxygen atoms in total. The summed E-state index contributed by atoms with van der Waals surface area (Å²) in [5, 5.41) is 3.23. The topological polar surface area (TPSA) is 38.3 Å². The van der Waals surface area contributed by atoms with Crippen LogP contribution in [0, 0.1) is 0 Å². The minimum atomic E-state index is -0.440. The third kappa shape index (κ3) is 0.646. The van der Waals surface area contributed by atoms with E-state index in [0.717, 1.165) is 6.42 Å². The minimum absolute atomic E-state index is 0.167. The van der Waals surface area contributed by atoms with Crippen molar-refractivity contribution in [3.63, 3.8) is 0 Å². The summed E-state index contributed by atoms with van der Waals surface area (Å²) >= 11 is 0. The molecule has 2 unspecified atom stereocenters. The van der Waals surface area contributed by atoms with Gasteiger partial charge in [0, 0.05) is 19.0 Å². The number of fused-ring (bicyclic) bond motifs is 2. The van der Waals surface area contributed by atoms with E-state index in [-0.39, 0.29) is 5.78 Å². The molecule has 0 saturated carbocycles. The van der Waals surface area contributed by atoms with Gasteiger partial charge >= 0.3 is 0 Å². The van der Waals surface area contributed by atoms with Crippen molar-refractivity contribution in [1.29, 1.82) is 0 Å². The number of Topliss-reactive ketones (excluding diaryl/α,β-unsaturated/α-hetero) is 1. The van der Waals surface area contributed by atoms with Crippen molar-refractivity contribution in [1.82, 2.24) is 5.32 Å². The lowest BCUT2D eigenvalue weighted by atomic mass is 9.99. The Morgan fingerprint density at radius 3 is 2.80 bits per heavy atom. The zero-order valence-electron chi connectivity index (χ0n) is 6.02. The largest absolute Gasteiger partial charge is 0.364 e. The Morgan fingerprint density at radius 1 is 1.80 bits per heavy atom.